The van der Waals surface area contributed by atoms with E-state index in [1.54, 1.807) is 0 Å². The molecule has 0 heterocycles. The van der Waals surface area contributed by atoms with Crippen molar-refractivity contribution in [2.45, 2.75) is 58.5 Å². The van der Waals surface area contributed by atoms with Crippen molar-refractivity contribution < 1.29 is 19.1 Å². The van der Waals surface area contributed by atoms with E-state index in [2.05, 4.69) is 38.6 Å². The summed E-state index contributed by atoms with van der Waals surface area (Å²) in [4.78, 5) is 10.4. The second kappa shape index (κ2) is 4.98. The fourth-order valence-corrected chi connectivity index (χ4v) is 2.03. The first kappa shape index (κ1) is 14.4. The van der Waals surface area contributed by atoms with E-state index in [1.807, 2.05) is 6.92 Å². The van der Waals surface area contributed by atoms with E-state index in [0.717, 1.165) is 0 Å². The average molecular weight is 234 g/mol. The van der Waals surface area contributed by atoms with Gasteiger partial charge in [0.05, 0.1) is 0 Å². The molecule has 0 spiro atoms. The lowest BCUT2D eigenvalue weighted by Crippen LogP contribution is -2.44. The Kier molecular flexibility index (Phi) is 4.80. The fourth-order valence-electron chi connectivity index (χ4n) is 0.809. The molecule has 0 saturated heterocycles. The quantitative estimate of drug-likeness (QED) is 0.460. The van der Waals surface area contributed by atoms with Crippen LogP contribution in [0.4, 0.5) is 4.79 Å². The Hall–Kier alpha value is -0.553. The highest BCUT2D eigenvalue weighted by atomic mass is 28.4. The molecule has 0 fully saturated rings. The summed E-state index contributed by atoms with van der Waals surface area (Å²) in [6.07, 6.45) is -1.37. The summed E-state index contributed by atoms with van der Waals surface area (Å²) in [5, 5.41) is 8.59. The van der Waals surface area contributed by atoms with Crippen LogP contribution < -0.4 is 0 Å². The van der Waals surface area contributed by atoms with E-state index in [1.165, 1.54) is 0 Å². The summed E-state index contributed by atoms with van der Waals surface area (Å²) in [7, 11) is -1.94. The topological polar surface area (TPSA) is 55.8 Å². The third-order valence-electron chi connectivity index (χ3n) is 2.80. The Morgan fingerprint density at radius 1 is 1.40 bits per heavy atom. The highest BCUT2D eigenvalue weighted by molar-refractivity contribution is 6.74. The lowest BCUT2D eigenvalue weighted by Gasteiger charge is -2.38. The van der Waals surface area contributed by atoms with Gasteiger partial charge in [-0.15, -0.1) is 0 Å². The van der Waals surface area contributed by atoms with Crippen LogP contribution in [0.2, 0.25) is 18.1 Å². The normalized spacial score (nSPS) is 14.8. The van der Waals surface area contributed by atoms with Crippen LogP contribution in [0.25, 0.3) is 0 Å². The van der Waals surface area contributed by atoms with Crippen LogP contribution in [0.5, 0.6) is 0 Å². The maximum absolute atomic E-state index is 10.4. The lowest BCUT2D eigenvalue weighted by atomic mass is 10.2. The number of hydrogen-bond acceptors (Lipinski definition) is 3. The van der Waals surface area contributed by atoms with Crippen LogP contribution in [0.3, 0.4) is 0 Å². The Labute approximate surface area is 92.7 Å². The van der Waals surface area contributed by atoms with Crippen LogP contribution >= 0.6 is 0 Å². The molecule has 0 aliphatic heterocycles. The van der Waals surface area contributed by atoms with Gasteiger partial charge in [0.2, 0.25) is 0 Å². The summed E-state index contributed by atoms with van der Waals surface area (Å²) in [5.74, 6) is 0. The maximum Gasteiger partial charge on any atom is 0.508 e. The second-order valence-corrected chi connectivity index (χ2v) is 9.86. The minimum atomic E-state index is -1.94. The van der Waals surface area contributed by atoms with E-state index in [-0.39, 0.29) is 5.04 Å². The van der Waals surface area contributed by atoms with E-state index in [9.17, 15) is 4.79 Å². The number of carbonyl (C=O) groups is 1. The molecule has 0 bridgehead atoms. The van der Waals surface area contributed by atoms with Crippen LogP contribution in [0, 0.1) is 0 Å². The molecule has 4 nitrogen and oxygen atoms in total. The first-order valence-corrected chi connectivity index (χ1v) is 8.08. The molecule has 0 aromatic carbocycles. The van der Waals surface area contributed by atoms with Gasteiger partial charge in [-0.05, 0) is 18.1 Å². The van der Waals surface area contributed by atoms with Gasteiger partial charge in [-0.25, -0.2) is 4.79 Å². The van der Waals surface area contributed by atoms with Gasteiger partial charge in [-0.3, -0.25) is 0 Å². The molecule has 1 atom stereocenters. The number of rotatable bonds is 4. The SMILES string of the molecule is CCC(OC(=O)O)O[Si](C)(C)C(C)(C)C. The van der Waals surface area contributed by atoms with Crippen molar-refractivity contribution in [2.24, 2.45) is 0 Å². The Balaban J connectivity index is 4.47. The molecule has 0 aromatic rings. The third-order valence-corrected chi connectivity index (χ3v) is 7.26. The third kappa shape index (κ3) is 4.66. The van der Waals surface area contributed by atoms with Gasteiger partial charge in [0.25, 0.3) is 0 Å². The number of carboxylic acid groups (broad SMARTS) is 1. The summed E-state index contributed by atoms with van der Waals surface area (Å²) >= 11 is 0. The molecular formula is C10H22O4Si. The monoisotopic (exact) mass is 234 g/mol. The smallest absolute Gasteiger partial charge is 0.450 e. The second-order valence-electron chi connectivity index (χ2n) is 5.10. The molecular weight excluding hydrogens is 212 g/mol. The van der Waals surface area contributed by atoms with Gasteiger partial charge < -0.3 is 14.3 Å². The van der Waals surface area contributed by atoms with Crippen LogP contribution in [0.15, 0.2) is 0 Å². The van der Waals surface area contributed by atoms with Crippen molar-refractivity contribution in [1.82, 2.24) is 0 Å². The van der Waals surface area contributed by atoms with E-state index in [0.29, 0.717) is 6.42 Å². The molecule has 0 saturated carbocycles. The maximum atomic E-state index is 10.4. The molecule has 15 heavy (non-hydrogen) atoms. The van der Waals surface area contributed by atoms with Gasteiger partial charge in [0, 0.05) is 6.42 Å². The van der Waals surface area contributed by atoms with Gasteiger partial charge in [0.1, 0.15) is 0 Å². The lowest BCUT2D eigenvalue weighted by molar-refractivity contribution is -0.0623. The van der Waals surface area contributed by atoms with E-state index >= 15 is 0 Å². The van der Waals surface area contributed by atoms with E-state index in [4.69, 9.17) is 9.53 Å². The summed E-state index contributed by atoms with van der Waals surface area (Å²) < 4.78 is 10.5. The van der Waals surface area contributed by atoms with Crippen molar-refractivity contribution in [2.75, 3.05) is 0 Å². The van der Waals surface area contributed by atoms with Crippen molar-refractivity contribution in [3.05, 3.63) is 0 Å². The zero-order valence-corrected chi connectivity index (χ0v) is 11.5. The van der Waals surface area contributed by atoms with Crippen molar-refractivity contribution in [1.29, 1.82) is 0 Å². The van der Waals surface area contributed by atoms with Crippen molar-refractivity contribution in [3.8, 4) is 0 Å². The molecule has 0 radical (unpaired) electrons. The Morgan fingerprint density at radius 3 is 2.13 bits per heavy atom. The number of hydrogen-bond donors (Lipinski definition) is 1. The molecule has 90 valence electrons. The van der Waals surface area contributed by atoms with Crippen molar-refractivity contribution >= 4 is 14.5 Å². The number of ether oxygens (including phenoxy) is 1. The van der Waals surface area contributed by atoms with Gasteiger partial charge in [-0.1, -0.05) is 27.7 Å². The molecule has 0 rings (SSSR count). The molecule has 0 amide bonds. The highest BCUT2D eigenvalue weighted by Gasteiger charge is 2.39. The summed E-state index contributed by atoms with van der Waals surface area (Å²) in [6, 6.07) is 0. The molecule has 1 N–H and O–H groups in total. The van der Waals surface area contributed by atoms with Crippen LogP contribution in [-0.4, -0.2) is 25.9 Å². The predicted octanol–water partition coefficient (Wildman–Crippen LogP) is 3.44. The minimum Gasteiger partial charge on any atom is -0.450 e. The fraction of sp³-hybridized carbons (Fsp3) is 0.900. The largest absolute Gasteiger partial charge is 0.508 e. The molecule has 1 unspecified atom stereocenters. The van der Waals surface area contributed by atoms with Gasteiger partial charge in [-0.2, -0.15) is 0 Å². The first-order chi connectivity index (χ1) is 6.60. The van der Waals surface area contributed by atoms with Crippen LogP contribution in [-0.2, 0) is 9.16 Å². The summed E-state index contributed by atoms with van der Waals surface area (Å²) in [5.41, 5.74) is 0. The molecule has 0 aliphatic rings. The predicted molar refractivity (Wildman–Crippen MR) is 61.5 cm³/mol. The standard InChI is InChI=1S/C10H22O4Si/c1-7-8(13-9(11)12)14-15(5,6)10(2,3)4/h8H,7H2,1-6H3,(H,11,12). The molecule has 0 aliphatic carbocycles. The highest BCUT2D eigenvalue weighted by Crippen LogP contribution is 2.37. The van der Waals surface area contributed by atoms with E-state index < -0.39 is 20.8 Å². The summed E-state index contributed by atoms with van der Waals surface area (Å²) in [6.45, 7) is 12.3. The Morgan fingerprint density at radius 2 is 1.87 bits per heavy atom. The molecule has 0 aromatic heterocycles. The van der Waals surface area contributed by atoms with Crippen molar-refractivity contribution in [3.63, 3.8) is 0 Å². The van der Waals surface area contributed by atoms with Crippen LogP contribution in [0.1, 0.15) is 34.1 Å². The minimum absolute atomic E-state index is 0.0578. The first-order valence-electron chi connectivity index (χ1n) is 5.17. The van der Waals surface area contributed by atoms with Gasteiger partial charge >= 0.3 is 6.16 Å². The zero-order chi connectivity index (χ0) is 12.3. The Bertz CT molecular complexity index is 220. The average Bonchev–Trinajstić information content (AvgIpc) is 1.99. The zero-order valence-electron chi connectivity index (χ0n) is 10.5. The molecule has 5 heteroatoms. The van der Waals surface area contributed by atoms with Gasteiger partial charge in [0.15, 0.2) is 14.6 Å².